The standard InChI is InChI=1S/C12H16BrN/c1-9-2-3-11(12(13)6-9)7-10-4-5-14-8-10/h2-3,6,10,14H,4-5,7-8H2,1H3. The summed E-state index contributed by atoms with van der Waals surface area (Å²) in [6, 6.07) is 6.65. The Morgan fingerprint density at radius 1 is 1.50 bits per heavy atom. The highest BCUT2D eigenvalue weighted by Crippen LogP contribution is 2.23. The molecule has 1 fully saturated rings. The smallest absolute Gasteiger partial charge is 0.0210 e. The van der Waals surface area contributed by atoms with E-state index >= 15 is 0 Å². The van der Waals surface area contributed by atoms with Gasteiger partial charge in [-0.15, -0.1) is 0 Å². The monoisotopic (exact) mass is 253 g/mol. The minimum Gasteiger partial charge on any atom is -0.316 e. The van der Waals surface area contributed by atoms with Gasteiger partial charge in [0.2, 0.25) is 0 Å². The lowest BCUT2D eigenvalue weighted by atomic mass is 9.98. The van der Waals surface area contributed by atoms with Crippen LogP contribution in [0.1, 0.15) is 17.5 Å². The van der Waals surface area contributed by atoms with E-state index in [4.69, 9.17) is 0 Å². The van der Waals surface area contributed by atoms with Gasteiger partial charge in [-0.3, -0.25) is 0 Å². The molecule has 76 valence electrons. The van der Waals surface area contributed by atoms with Crippen LogP contribution in [0.25, 0.3) is 0 Å². The lowest BCUT2D eigenvalue weighted by Crippen LogP contribution is -2.10. The third kappa shape index (κ3) is 2.37. The Morgan fingerprint density at radius 3 is 3.00 bits per heavy atom. The Hall–Kier alpha value is -0.340. The SMILES string of the molecule is Cc1ccc(CC2CCNC2)c(Br)c1. The minimum atomic E-state index is 0.828. The molecule has 0 spiro atoms. The second-order valence-corrected chi connectivity index (χ2v) is 5.01. The fourth-order valence-electron chi connectivity index (χ4n) is 2.02. The van der Waals surface area contributed by atoms with Gasteiger partial charge in [0, 0.05) is 4.47 Å². The van der Waals surface area contributed by atoms with Crippen molar-refractivity contribution >= 4 is 15.9 Å². The van der Waals surface area contributed by atoms with Gasteiger partial charge >= 0.3 is 0 Å². The largest absolute Gasteiger partial charge is 0.316 e. The molecule has 0 bridgehead atoms. The van der Waals surface area contributed by atoms with E-state index in [0.29, 0.717) is 0 Å². The zero-order valence-corrected chi connectivity index (χ0v) is 10.1. The third-order valence-electron chi connectivity index (χ3n) is 2.88. The number of rotatable bonds is 2. The maximum absolute atomic E-state index is 3.63. The minimum absolute atomic E-state index is 0.828. The van der Waals surface area contributed by atoms with E-state index < -0.39 is 0 Å². The van der Waals surface area contributed by atoms with Gasteiger partial charge in [-0.2, -0.15) is 0 Å². The van der Waals surface area contributed by atoms with E-state index in [1.807, 2.05) is 0 Å². The molecule has 1 heterocycles. The van der Waals surface area contributed by atoms with Gasteiger partial charge in [0.15, 0.2) is 0 Å². The summed E-state index contributed by atoms with van der Waals surface area (Å²) in [5, 5.41) is 3.41. The van der Waals surface area contributed by atoms with Crippen molar-refractivity contribution in [1.29, 1.82) is 0 Å². The summed E-state index contributed by atoms with van der Waals surface area (Å²) in [6.07, 6.45) is 2.52. The van der Waals surface area contributed by atoms with Crippen molar-refractivity contribution < 1.29 is 0 Å². The van der Waals surface area contributed by atoms with Crippen molar-refractivity contribution in [3.05, 3.63) is 33.8 Å². The van der Waals surface area contributed by atoms with E-state index in [-0.39, 0.29) is 0 Å². The predicted molar refractivity (Wildman–Crippen MR) is 63.6 cm³/mol. The van der Waals surface area contributed by atoms with Crippen LogP contribution in [0, 0.1) is 12.8 Å². The van der Waals surface area contributed by atoms with E-state index in [9.17, 15) is 0 Å². The first-order chi connectivity index (χ1) is 6.75. The van der Waals surface area contributed by atoms with Crippen LogP contribution in [0.4, 0.5) is 0 Å². The van der Waals surface area contributed by atoms with Gasteiger partial charge < -0.3 is 5.32 Å². The molecule has 14 heavy (non-hydrogen) atoms. The van der Waals surface area contributed by atoms with Crippen molar-refractivity contribution in [2.45, 2.75) is 19.8 Å². The van der Waals surface area contributed by atoms with Crippen LogP contribution in [-0.2, 0) is 6.42 Å². The molecule has 1 saturated heterocycles. The Kier molecular flexibility index (Phi) is 3.24. The summed E-state index contributed by atoms with van der Waals surface area (Å²) < 4.78 is 1.27. The van der Waals surface area contributed by atoms with Crippen LogP contribution in [0.15, 0.2) is 22.7 Å². The lowest BCUT2D eigenvalue weighted by molar-refractivity contribution is 0.579. The molecule has 0 saturated carbocycles. The third-order valence-corrected chi connectivity index (χ3v) is 3.62. The molecule has 1 atom stereocenters. The van der Waals surface area contributed by atoms with Crippen LogP contribution in [0.5, 0.6) is 0 Å². The maximum atomic E-state index is 3.63. The Labute approximate surface area is 94.0 Å². The van der Waals surface area contributed by atoms with Gasteiger partial charge in [-0.1, -0.05) is 28.1 Å². The predicted octanol–water partition coefficient (Wildman–Crippen LogP) is 2.91. The van der Waals surface area contributed by atoms with Gasteiger partial charge in [0.25, 0.3) is 0 Å². The van der Waals surface area contributed by atoms with Gasteiger partial charge in [0.05, 0.1) is 0 Å². The quantitative estimate of drug-likeness (QED) is 0.855. The molecule has 2 heteroatoms. The second-order valence-electron chi connectivity index (χ2n) is 4.16. The Balaban J connectivity index is 2.08. The number of aryl methyl sites for hydroxylation is 1. The topological polar surface area (TPSA) is 12.0 Å². The average molecular weight is 254 g/mol. The first kappa shape index (κ1) is 10.2. The molecule has 2 rings (SSSR count). The molecule has 1 aliphatic heterocycles. The van der Waals surface area contributed by atoms with Crippen LogP contribution < -0.4 is 5.32 Å². The second kappa shape index (κ2) is 4.45. The van der Waals surface area contributed by atoms with E-state index in [0.717, 1.165) is 5.92 Å². The number of nitrogens with one attached hydrogen (secondary N) is 1. The molecule has 1 aromatic carbocycles. The van der Waals surface area contributed by atoms with Gasteiger partial charge in [0.1, 0.15) is 0 Å². The van der Waals surface area contributed by atoms with Crippen LogP contribution in [0.3, 0.4) is 0 Å². The molecule has 0 aromatic heterocycles. The fraction of sp³-hybridized carbons (Fsp3) is 0.500. The normalized spacial score (nSPS) is 21.4. The van der Waals surface area contributed by atoms with E-state index in [2.05, 4.69) is 46.4 Å². The van der Waals surface area contributed by atoms with Crippen molar-refractivity contribution in [1.82, 2.24) is 5.32 Å². The van der Waals surface area contributed by atoms with Crippen molar-refractivity contribution in [3.8, 4) is 0 Å². The van der Waals surface area contributed by atoms with E-state index in [1.54, 1.807) is 0 Å². The summed E-state index contributed by atoms with van der Waals surface area (Å²) in [5.41, 5.74) is 2.77. The number of hydrogen-bond donors (Lipinski definition) is 1. The average Bonchev–Trinajstić information content (AvgIpc) is 2.62. The van der Waals surface area contributed by atoms with Gasteiger partial charge in [-0.05, 0) is 56.0 Å². The Bertz CT molecular complexity index is 316. The highest BCUT2D eigenvalue weighted by molar-refractivity contribution is 9.10. The first-order valence-corrected chi connectivity index (χ1v) is 6.01. The molecule has 1 aliphatic rings. The lowest BCUT2D eigenvalue weighted by Gasteiger charge is -2.10. The summed E-state index contributed by atoms with van der Waals surface area (Å²) >= 11 is 3.63. The molecular formula is C12H16BrN. The van der Waals surface area contributed by atoms with Crippen molar-refractivity contribution in [2.24, 2.45) is 5.92 Å². The van der Waals surface area contributed by atoms with Crippen LogP contribution in [0.2, 0.25) is 0 Å². The molecule has 1 unspecified atom stereocenters. The number of halogens is 1. The summed E-state index contributed by atoms with van der Waals surface area (Å²) in [6.45, 7) is 4.50. The maximum Gasteiger partial charge on any atom is 0.0210 e. The van der Waals surface area contributed by atoms with E-state index in [1.165, 1.54) is 41.5 Å². The van der Waals surface area contributed by atoms with Crippen LogP contribution >= 0.6 is 15.9 Å². The zero-order valence-electron chi connectivity index (χ0n) is 8.52. The fourth-order valence-corrected chi connectivity index (χ4v) is 2.67. The van der Waals surface area contributed by atoms with Crippen molar-refractivity contribution in [3.63, 3.8) is 0 Å². The molecule has 0 amide bonds. The summed E-state index contributed by atoms with van der Waals surface area (Å²) in [7, 11) is 0. The highest BCUT2D eigenvalue weighted by atomic mass is 79.9. The highest BCUT2D eigenvalue weighted by Gasteiger charge is 2.15. The number of hydrogen-bond acceptors (Lipinski definition) is 1. The zero-order chi connectivity index (χ0) is 9.97. The first-order valence-electron chi connectivity index (χ1n) is 5.21. The van der Waals surface area contributed by atoms with Crippen LogP contribution in [-0.4, -0.2) is 13.1 Å². The molecule has 0 radical (unpaired) electrons. The molecule has 1 nitrogen and oxygen atoms in total. The molecule has 1 N–H and O–H groups in total. The van der Waals surface area contributed by atoms with Gasteiger partial charge in [-0.25, -0.2) is 0 Å². The molecule has 1 aromatic rings. The molecular weight excluding hydrogens is 238 g/mol. The molecule has 0 aliphatic carbocycles. The Morgan fingerprint density at radius 2 is 2.36 bits per heavy atom. The van der Waals surface area contributed by atoms with Crippen molar-refractivity contribution in [2.75, 3.05) is 13.1 Å². The summed E-state index contributed by atoms with van der Waals surface area (Å²) in [4.78, 5) is 0. The number of benzene rings is 1. The summed E-state index contributed by atoms with van der Waals surface area (Å²) in [5.74, 6) is 0.828.